The van der Waals surface area contributed by atoms with E-state index in [0.29, 0.717) is 43.7 Å². The summed E-state index contributed by atoms with van der Waals surface area (Å²) in [4.78, 5) is 25.8. The van der Waals surface area contributed by atoms with Gasteiger partial charge in [0, 0.05) is 19.6 Å². The number of carboxylic acids is 1. The smallest absolute Gasteiger partial charge is 0.415 e. The van der Waals surface area contributed by atoms with Crippen molar-refractivity contribution < 1.29 is 28.9 Å². The topological polar surface area (TPSA) is 85.3 Å². The Labute approximate surface area is 202 Å². The summed E-state index contributed by atoms with van der Waals surface area (Å²) in [6, 6.07) is 14.7. The number of ether oxygens (including phenoxy) is 3. The third-order valence-corrected chi connectivity index (χ3v) is 5.38. The van der Waals surface area contributed by atoms with Crippen LogP contribution in [-0.4, -0.2) is 54.5 Å². The van der Waals surface area contributed by atoms with E-state index in [0.717, 1.165) is 24.0 Å². The number of aliphatic carboxylic acids is 1. The van der Waals surface area contributed by atoms with E-state index in [1.54, 1.807) is 30.0 Å². The lowest BCUT2D eigenvalue weighted by Crippen LogP contribution is -2.37. The van der Waals surface area contributed by atoms with Crippen LogP contribution in [0, 0.1) is 12.8 Å². The molecule has 0 aliphatic heterocycles. The highest BCUT2D eigenvalue weighted by Crippen LogP contribution is 2.18. The molecule has 1 atom stereocenters. The van der Waals surface area contributed by atoms with Crippen LogP contribution in [0.25, 0.3) is 0 Å². The van der Waals surface area contributed by atoms with Gasteiger partial charge in [-0.15, -0.1) is 0 Å². The van der Waals surface area contributed by atoms with Crippen molar-refractivity contribution in [1.82, 2.24) is 4.90 Å². The average molecular weight is 472 g/mol. The van der Waals surface area contributed by atoms with E-state index in [4.69, 9.17) is 14.2 Å². The van der Waals surface area contributed by atoms with Gasteiger partial charge in [0.2, 0.25) is 0 Å². The van der Waals surface area contributed by atoms with Crippen LogP contribution >= 0.6 is 0 Å². The molecule has 0 spiro atoms. The van der Waals surface area contributed by atoms with Crippen LogP contribution in [-0.2, 0) is 16.0 Å². The van der Waals surface area contributed by atoms with Crippen molar-refractivity contribution in [3.63, 3.8) is 0 Å². The fraction of sp³-hybridized carbons (Fsp3) is 0.481. The van der Waals surface area contributed by atoms with Gasteiger partial charge in [0.15, 0.2) is 6.10 Å². The fourth-order valence-corrected chi connectivity index (χ4v) is 3.44. The molecular weight excluding hydrogens is 434 g/mol. The van der Waals surface area contributed by atoms with Crippen molar-refractivity contribution >= 4 is 12.1 Å². The quantitative estimate of drug-likeness (QED) is 0.400. The van der Waals surface area contributed by atoms with Crippen LogP contribution in [0.3, 0.4) is 0 Å². The molecule has 1 unspecified atom stereocenters. The number of carboxylic acid groups (broad SMARTS) is 1. The number of carbonyl (C=O) groups excluding carboxylic acids is 1. The third-order valence-electron chi connectivity index (χ3n) is 5.38. The Balaban J connectivity index is 1.92. The zero-order valence-corrected chi connectivity index (χ0v) is 20.7. The molecular formula is C27H37NO6. The molecule has 7 nitrogen and oxygen atoms in total. The number of amides is 1. The molecule has 7 heteroatoms. The second kappa shape index (κ2) is 14.3. The number of nitrogens with zero attached hydrogens (tertiary/aromatic N) is 1. The van der Waals surface area contributed by atoms with Crippen LogP contribution in [0.5, 0.6) is 11.5 Å². The maximum absolute atomic E-state index is 12.8. The van der Waals surface area contributed by atoms with Crippen LogP contribution in [0.4, 0.5) is 4.79 Å². The fourth-order valence-electron chi connectivity index (χ4n) is 3.44. The number of aryl methyl sites for hydroxylation is 1. The lowest BCUT2D eigenvalue weighted by Gasteiger charge is -2.23. The molecule has 1 amide bonds. The summed E-state index contributed by atoms with van der Waals surface area (Å²) in [7, 11) is 0. The molecule has 0 bridgehead atoms. The standard InChI is InChI=1S/C27H37NO6/c1-5-32-25(26(29)30)19-22-12-14-23(15-13-22)33-18-17-28(16-8-9-20(2)3)27(31)34-24-11-7-6-10-21(24)4/h6-7,10-15,20,25H,5,8-9,16-19H2,1-4H3,(H,29,30). The lowest BCUT2D eigenvalue weighted by molar-refractivity contribution is -0.149. The summed E-state index contributed by atoms with van der Waals surface area (Å²) >= 11 is 0. The van der Waals surface area contributed by atoms with Crippen molar-refractivity contribution in [2.75, 3.05) is 26.3 Å². The molecule has 2 aromatic carbocycles. The minimum absolute atomic E-state index is 0.290. The zero-order chi connectivity index (χ0) is 24.9. The summed E-state index contributed by atoms with van der Waals surface area (Å²) < 4.78 is 16.7. The maximum atomic E-state index is 12.8. The van der Waals surface area contributed by atoms with Gasteiger partial charge in [-0.2, -0.15) is 0 Å². The van der Waals surface area contributed by atoms with Crippen LogP contribution in [0.2, 0.25) is 0 Å². The van der Waals surface area contributed by atoms with E-state index in [1.807, 2.05) is 37.3 Å². The summed E-state index contributed by atoms with van der Waals surface area (Å²) in [6.07, 6.45) is 0.954. The van der Waals surface area contributed by atoms with Gasteiger partial charge in [-0.1, -0.05) is 44.2 Å². The monoisotopic (exact) mass is 471 g/mol. The van der Waals surface area contributed by atoms with E-state index in [1.165, 1.54) is 0 Å². The highest BCUT2D eigenvalue weighted by atomic mass is 16.6. The summed E-state index contributed by atoms with van der Waals surface area (Å²) in [5.74, 6) is 0.802. The first-order valence-corrected chi connectivity index (χ1v) is 11.9. The molecule has 0 saturated heterocycles. The zero-order valence-electron chi connectivity index (χ0n) is 20.7. The molecule has 2 aromatic rings. The van der Waals surface area contributed by atoms with Gasteiger partial charge < -0.3 is 24.2 Å². The minimum atomic E-state index is -0.975. The van der Waals surface area contributed by atoms with Gasteiger partial charge in [0.25, 0.3) is 0 Å². The highest BCUT2D eigenvalue weighted by Gasteiger charge is 2.19. The molecule has 0 saturated carbocycles. The van der Waals surface area contributed by atoms with Gasteiger partial charge in [-0.3, -0.25) is 0 Å². The van der Waals surface area contributed by atoms with Gasteiger partial charge in [0.1, 0.15) is 18.1 Å². The summed E-state index contributed by atoms with van der Waals surface area (Å²) in [5, 5.41) is 9.24. The second-order valence-electron chi connectivity index (χ2n) is 8.64. The van der Waals surface area contributed by atoms with Crippen molar-refractivity contribution in [1.29, 1.82) is 0 Å². The van der Waals surface area contributed by atoms with E-state index < -0.39 is 12.1 Å². The first kappa shape index (κ1) is 27.2. The SMILES string of the molecule is CCOC(Cc1ccc(OCCN(CCCC(C)C)C(=O)Oc2ccccc2C)cc1)C(=O)O. The second-order valence-corrected chi connectivity index (χ2v) is 8.64. The molecule has 0 aliphatic rings. The Bertz CT molecular complexity index is 896. The van der Waals surface area contributed by atoms with Crippen LogP contribution in [0.15, 0.2) is 48.5 Å². The van der Waals surface area contributed by atoms with Crippen molar-refractivity contribution in [2.24, 2.45) is 5.92 Å². The molecule has 1 N–H and O–H groups in total. The van der Waals surface area contributed by atoms with Crippen LogP contribution in [0.1, 0.15) is 44.7 Å². The normalized spacial score (nSPS) is 11.8. The number of para-hydroxylation sites is 1. The van der Waals surface area contributed by atoms with Crippen molar-refractivity contribution in [2.45, 2.75) is 53.1 Å². The van der Waals surface area contributed by atoms with E-state index in [2.05, 4.69) is 13.8 Å². The number of hydrogen-bond donors (Lipinski definition) is 1. The van der Waals surface area contributed by atoms with E-state index in [9.17, 15) is 14.7 Å². The third kappa shape index (κ3) is 9.43. The molecule has 0 fully saturated rings. The average Bonchev–Trinajstić information content (AvgIpc) is 2.80. The molecule has 186 valence electrons. The number of carbonyl (C=O) groups is 2. The molecule has 34 heavy (non-hydrogen) atoms. The highest BCUT2D eigenvalue weighted by molar-refractivity contribution is 5.72. The van der Waals surface area contributed by atoms with Gasteiger partial charge in [-0.25, -0.2) is 9.59 Å². The van der Waals surface area contributed by atoms with Crippen molar-refractivity contribution in [3.05, 3.63) is 59.7 Å². The summed E-state index contributed by atoms with van der Waals surface area (Å²) in [6.45, 7) is 9.67. The van der Waals surface area contributed by atoms with E-state index >= 15 is 0 Å². The number of rotatable bonds is 14. The van der Waals surface area contributed by atoms with Crippen molar-refractivity contribution in [3.8, 4) is 11.5 Å². The first-order chi connectivity index (χ1) is 16.3. The van der Waals surface area contributed by atoms with E-state index in [-0.39, 0.29) is 12.5 Å². The maximum Gasteiger partial charge on any atom is 0.415 e. The molecule has 0 aromatic heterocycles. The Kier molecular flexibility index (Phi) is 11.4. The van der Waals surface area contributed by atoms with Gasteiger partial charge in [-0.05, 0) is 61.9 Å². The number of hydrogen-bond acceptors (Lipinski definition) is 5. The predicted octanol–water partition coefficient (Wildman–Crippen LogP) is 5.34. The largest absolute Gasteiger partial charge is 0.492 e. The van der Waals surface area contributed by atoms with Gasteiger partial charge in [0.05, 0.1) is 6.54 Å². The molecule has 0 heterocycles. The molecule has 0 aliphatic carbocycles. The number of benzene rings is 2. The Morgan fingerprint density at radius 3 is 2.35 bits per heavy atom. The lowest BCUT2D eigenvalue weighted by atomic mass is 10.1. The minimum Gasteiger partial charge on any atom is -0.492 e. The predicted molar refractivity (Wildman–Crippen MR) is 132 cm³/mol. The molecule has 0 radical (unpaired) electrons. The molecule has 2 rings (SSSR count). The Morgan fingerprint density at radius 1 is 1.03 bits per heavy atom. The Morgan fingerprint density at radius 2 is 1.74 bits per heavy atom. The van der Waals surface area contributed by atoms with Gasteiger partial charge >= 0.3 is 12.1 Å². The summed E-state index contributed by atoms with van der Waals surface area (Å²) in [5.41, 5.74) is 1.76. The van der Waals surface area contributed by atoms with Crippen LogP contribution < -0.4 is 9.47 Å². The first-order valence-electron chi connectivity index (χ1n) is 11.9. The Hall–Kier alpha value is -3.06.